The Bertz CT molecular complexity index is 1530. The second-order valence-corrected chi connectivity index (χ2v) is 12.5. The van der Waals surface area contributed by atoms with E-state index >= 15 is 0 Å². The second kappa shape index (κ2) is 13.6. The van der Waals surface area contributed by atoms with Gasteiger partial charge >= 0.3 is 0 Å². The predicted molar refractivity (Wildman–Crippen MR) is 175 cm³/mol. The Morgan fingerprint density at radius 2 is 1.77 bits per heavy atom. The molecule has 0 radical (unpaired) electrons. The molecule has 4 aromatic rings. The quantitative estimate of drug-likeness (QED) is 0.130. The number of imidazole rings is 1. The molecule has 7 heteroatoms. The van der Waals surface area contributed by atoms with Gasteiger partial charge in [-0.3, -0.25) is 4.99 Å². The van der Waals surface area contributed by atoms with Crippen molar-refractivity contribution in [2.75, 3.05) is 13.7 Å². The maximum absolute atomic E-state index is 11.4. The Morgan fingerprint density at radius 1 is 1.02 bits per heavy atom. The minimum Gasteiger partial charge on any atom is -0.493 e. The molecule has 1 aliphatic carbocycles. The van der Waals surface area contributed by atoms with Crippen molar-refractivity contribution in [3.8, 4) is 23.1 Å². The Morgan fingerprint density at radius 3 is 2.47 bits per heavy atom. The first-order chi connectivity index (χ1) is 20.6. The normalized spacial score (nSPS) is 17.2. The van der Waals surface area contributed by atoms with Gasteiger partial charge in [0.05, 0.1) is 36.7 Å². The van der Waals surface area contributed by atoms with Crippen molar-refractivity contribution in [2.45, 2.75) is 74.3 Å². The molecule has 1 aliphatic rings. The fraction of sp³-hybridized carbons (Fsp3) is 0.472. The molecule has 1 fully saturated rings. The third-order valence-electron chi connectivity index (χ3n) is 9.06. The van der Waals surface area contributed by atoms with Gasteiger partial charge in [-0.25, -0.2) is 4.98 Å². The molecular formula is C36H47N3O4. The number of carbonyl (C=O) groups excluding carboxylic acids is 1. The van der Waals surface area contributed by atoms with E-state index in [1.54, 1.807) is 13.4 Å². The van der Waals surface area contributed by atoms with Gasteiger partial charge < -0.3 is 23.3 Å². The zero-order valence-electron chi connectivity index (χ0n) is 27.0. The van der Waals surface area contributed by atoms with Gasteiger partial charge in [-0.2, -0.15) is 0 Å². The maximum Gasteiger partial charge on any atom is 0.177 e. The van der Waals surface area contributed by atoms with E-state index < -0.39 is 0 Å². The van der Waals surface area contributed by atoms with Crippen LogP contribution in [0.25, 0.3) is 22.6 Å². The number of aliphatic imine (C=N–C) groups is 1. The van der Waals surface area contributed by atoms with Crippen molar-refractivity contribution >= 4 is 29.2 Å². The van der Waals surface area contributed by atoms with Crippen LogP contribution in [-0.4, -0.2) is 35.8 Å². The molecule has 0 aliphatic heterocycles. The molecule has 2 aromatic heterocycles. The van der Waals surface area contributed by atoms with Crippen LogP contribution >= 0.6 is 0 Å². The van der Waals surface area contributed by atoms with Crippen molar-refractivity contribution < 1.29 is 18.7 Å². The molecule has 43 heavy (non-hydrogen) atoms. The van der Waals surface area contributed by atoms with Crippen molar-refractivity contribution in [2.24, 2.45) is 27.7 Å². The summed E-state index contributed by atoms with van der Waals surface area (Å²) in [5, 5.41) is 0. The number of nitrogens with zero attached hydrogens (tertiary/aromatic N) is 3. The third-order valence-corrected chi connectivity index (χ3v) is 9.06. The number of benzene rings is 2. The summed E-state index contributed by atoms with van der Waals surface area (Å²) in [5.41, 5.74) is 3.43. The SMILES string of the molecule is CC.COc1cc(C)c(N=C[C@H]2CCCC2C=O)cc1OCC(C)(C)C(C)(C)Cn1c(-c2ccco2)nc2ccccc21. The van der Waals surface area contributed by atoms with Gasteiger partial charge in [0.1, 0.15) is 6.29 Å². The zero-order chi connectivity index (χ0) is 31.2. The zero-order valence-corrected chi connectivity index (χ0v) is 27.0. The highest BCUT2D eigenvalue weighted by Gasteiger charge is 2.39. The molecule has 230 valence electrons. The smallest absolute Gasteiger partial charge is 0.177 e. The first kappa shape index (κ1) is 32.1. The predicted octanol–water partition coefficient (Wildman–Crippen LogP) is 9.09. The Kier molecular flexibility index (Phi) is 10.2. The number of rotatable bonds is 11. The van der Waals surface area contributed by atoms with Gasteiger partial charge in [0.2, 0.25) is 0 Å². The highest BCUT2D eigenvalue weighted by atomic mass is 16.5. The molecular weight excluding hydrogens is 538 g/mol. The van der Waals surface area contributed by atoms with Crippen LogP contribution in [0.15, 0.2) is 64.2 Å². The van der Waals surface area contributed by atoms with Crippen LogP contribution < -0.4 is 9.47 Å². The number of hydrogen-bond donors (Lipinski definition) is 0. The molecule has 0 saturated heterocycles. The highest BCUT2D eigenvalue weighted by Crippen LogP contribution is 2.44. The van der Waals surface area contributed by atoms with Gasteiger partial charge in [-0.1, -0.05) is 60.1 Å². The summed E-state index contributed by atoms with van der Waals surface area (Å²) in [6, 6.07) is 16.0. The minimum atomic E-state index is -0.237. The number of aromatic nitrogens is 2. The number of ether oxygens (including phenoxy) is 2. The first-order valence-corrected chi connectivity index (χ1v) is 15.4. The number of furan rings is 1. The summed E-state index contributed by atoms with van der Waals surface area (Å²) < 4.78 is 20.2. The molecule has 7 nitrogen and oxygen atoms in total. The molecule has 0 spiro atoms. The molecule has 0 N–H and O–H groups in total. The molecule has 2 heterocycles. The standard InChI is InChI=1S/C34H41N3O4.C2H6/c1-23-17-30(39-6)31(18-27(23)35-19-24-11-9-12-25(24)20-38)41-22-34(4,5)33(2,3)21-37-28-14-8-7-13-26(28)36-32(37)29-15-10-16-40-29;1-2/h7-8,10,13-20,24-25H,9,11-12,21-22H2,1-6H3;1-2H3/t24-,25?;/m1./s1. The van der Waals surface area contributed by atoms with Gasteiger partial charge in [-0.05, 0) is 61.1 Å². The second-order valence-electron chi connectivity index (χ2n) is 12.5. The molecule has 0 bridgehead atoms. The van der Waals surface area contributed by atoms with E-state index in [2.05, 4.69) is 38.3 Å². The lowest BCUT2D eigenvalue weighted by Gasteiger charge is -2.42. The average molecular weight is 586 g/mol. The largest absolute Gasteiger partial charge is 0.493 e. The van der Waals surface area contributed by atoms with Gasteiger partial charge in [-0.15, -0.1) is 0 Å². The number of para-hydroxylation sites is 2. The van der Waals surface area contributed by atoms with Crippen LogP contribution in [0.2, 0.25) is 0 Å². The molecule has 1 saturated carbocycles. The summed E-state index contributed by atoms with van der Waals surface area (Å²) >= 11 is 0. The summed E-state index contributed by atoms with van der Waals surface area (Å²) in [6.45, 7) is 16.2. The summed E-state index contributed by atoms with van der Waals surface area (Å²) in [6.07, 6.45) is 7.72. The first-order valence-electron chi connectivity index (χ1n) is 15.4. The van der Waals surface area contributed by atoms with Gasteiger partial charge in [0.25, 0.3) is 0 Å². The molecule has 5 rings (SSSR count). The molecule has 2 atom stereocenters. The summed E-state index contributed by atoms with van der Waals surface area (Å²) in [5.74, 6) is 3.18. The van der Waals surface area contributed by atoms with E-state index in [1.165, 1.54) is 0 Å². The Hall–Kier alpha value is -3.87. The van der Waals surface area contributed by atoms with Gasteiger partial charge in [0.15, 0.2) is 23.1 Å². The number of carbonyl (C=O) groups is 1. The van der Waals surface area contributed by atoms with Crippen molar-refractivity contribution in [1.82, 2.24) is 9.55 Å². The monoisotopic (exact) mass is 585 g/mol. The lowest BCUT2D eigenvalue weighted by atomic mass is 9.68. The van der Waals surface area contributed by atoms with Crippen molar-refractivity contribution in [3.05, 3.63) is 60.4 Å². The van der Waals surface area contributed by atoms with E-state index in [-0.39, 0.29) is 22.7 Å². The van der Waals surface area contributed by atoms with Crippen molar-refractivity contribution in [3.63, 3.8) is 0 Å². The minimum absolute atomic E-state index is 0.0666. The fourth-order valence-corrected chi connectivity index (χ4v) is 5.50. The molecule has 1 unspecified atom stereocenters. The Balaban J connectivity index is 0.00000207. The lowest BCUT2D eigenvalue weighted by Crippen LogP contribution is -2.40. The lowest BCUT2D eigenvalue weighted by molar-refractivity contribution is -0.111. The van der Waals surface area contributed by atoms with Crippen LogP contribution in [0.3, 0.4) is 0 Å². The molecule has 0 amide bonds. The van der Waals surface area contributed by atoms with Gasteiger partial charge in [0, 0.05) is 36.1 Å². The number of methoxy groups -OCH3 is 1. The maximum atomic E-state index is 11.4. The number of fused-ring (bicyclic) bond motifs is 1. The third kappa shape index (κ3) is 6.87. The van der Waals surface area contributed by atoms with Crippen LogP contribution in [0.4, 0.5) is 5.69 Å². The van der Waals surface area contributed by atoms with Crippen LogP contribution in [0.5, 0.6) is 11.5 Å². The number of aryl methyl sites for hydroxylation is 1. The van der Waals surface area contributed by atoms with E-state index in [0.29, 0.717) is 18.1 Å². The molecule has 2 aromatic carbocycles. The average Bonchev–Trinajstić information content (AvgIpc) is 3.77. The van der Waals surface area contributed by atoms with Crippen LogP contribution in [-0.2, 0) is 11.3 Å². The Labute approximate surface area is 256 Å². The topological polar surface area (TPSA) is 78.9 Å². The van der Waals surface area contributed by atoms with E-state index in [9.17, 15) is 4.79 Å². The van der Waals surface area contributed by atoms with E-state index in [0.717, 1.165) is 66.0 Å². The van der Waals surface area contributed by atoms with Crippen LogP contribution in [0, 0.1) is 29.6 Å². The summed E-state index contributed by atoms with van der Waals surface area (Å²) in [7, 11) is 1.66. The summed E-state index contributed by atoms with van der Waals surface area (Å²) in [4.78, 5) is 21.1. The fourth-order valence-electron chi connectivity index (χ4n) is 5.50. The van der Waals surface area contributed by atoms with Crippen molar-refractivity contribution in [1.29, 1.82) is 0 Å². The van der Waals surface area contributed by atoms with E-state index in [4.69, 9.17) is 23.9 Å². The highest BCUT2D eigenvalue weighted by molar-refractivity contribution is 5.79. The number of hydrogen-bond acceptors (Lipinski definition) is 6. The van der Waals surface area contributed by atoms with E-state index in [1.807, 2.05) is 69.5 Å². The number of aldehydes is 1. The van der Waals surface area contributed by atoms with Crippen LogP contribution in [0.1, 0.15) is 66.4 Å².